The SMILES string of the molecule is C1=Nc2c3c(ccc2=N1)=NC=N3.c1ccc2cnccc2c1. The van der Waals surface area contributed by atoms with Crippen LogP contribution in [0.1, 0.15) is 0 Å². The Bertz CT molecular complexity index is 920. The maximum absolute atomic E-state index is 4.11. The van der Waals surface area contributed by atoms with Gasteiger partial charge in [-0.2, -0.15) is 0 Å². The largest absolute Gasteiger partial charge is 0.264 e. The molecule has 5 rings (SSSR count). The van der Waals surface area contributed by atoms with Gasteiger partial charge in [-0.3, -0.25) is 4.98 Å². The maximum Gasteiger partial charge on any atom is 0.118 e. The predicted molar refractivity (Wildman–Crippen MR) is 86.8 cm³/mol. The van der Waals surface area contributed by atoms with Gasteiger partial charge in [-0.05, 0) is 29.0 Å². The van der Waals surface area contributed by atoms with Crippen molar-refractivity contribution in [3.8, 4) is 0 Å². The van der Waals surface area contributed by atoms with Crippen LogP contribution in [-0.4, -0.2) is 17.7 Å². The molecule has 2 aromatic carbocycles. The fraction of sp³-hybridized carbons (Fsp3) is 0. The van der Waals surface area contributed by atoms with Crippen LogP contribution in [0.4, 0.5) is 11.4 Å². The Morgan fingerprint density at radius 2 is 1.27 bits per heavy atom. The molecule has 22 heavy (non-hydrogen) atoms. The standard InChI is InChI=1S/C9H7N.C8H4N4/c1-2-4-9-7-10-6-5-8(9)3-1;1-2-6-8(12-4-10-6)7-5(1)9-3-11-7/h1-7H;1-4H. The minimum absolute atomic E-state index is 0.838. The van der Waals surface area contributed by atoms with Gasteiger partial charge in [0, 0.05) is 12.4 Å². The van der Waals surface area contributed by atoms with Crippen molar-refractivity contribution in [1.29, 1.82) is 0 Å². The molecular formula is C17H11N5. The highest BCUT2D eigenvalue weighted by atomic mass is 15.0. The van der Waals surface area contributed by atoms with E-state index in [1.54, 1.807) is 12.7 Å². The van der Waals surface area contributed by atoms with Crippen molar-refractivity contribution in [2.75, 3.05) is 0 Å². The summed E-state index contributed by atoms with van der Waals surface area (Å²) >= 11 is 0. The van der Waals surface area contributed by atoms with E-state index in [1.165, 1.54) is 10.8 Å². The zero-order valence-electron chi connectivity index (χ0n) is 11.6. The van der Waals surface area contributed by atoms with Gasteiger partial charge in [0.2, 0.25) is 0 Å². The third-order valence-electron chi connectivity index (χ3n) is 3.43. The summed E-state index contributed by atoms with van der Waals surface area (Å²) in [5, 5.41) is 4.20. The topological polar surface area (TPSA) is 62.3 Å². The van der Waals surface area contributed by atoms with Gasteiger partial charge in [0.1, 0.15) is 24.1 Å². The molecule has 0 unspecified atom stereocenters. The third kappa shape index (κ3) is 2.18. The summed E-state index contributed by atoms with van der Waals surface area (Å²) in [5.41, 5.74) is 1.68. The molecule has 0 saturated heterocycles. The van der Waals surface area contributed by atoms with Crippen LogP contribution >= 0.6 is 0 Å². The molecule has 5 nitrogen and oxygen atoms in total. The van der Waals surface area contributed by atoms with Crippen LogP contribution in [0.5, 0.6) is 0 Å². The molecule has 0 N–H and O–H groups in total. The molecule has 1 aromatic heterocycles. The normalized spacial score (nSPS) is 12.9. The first-order valence-electron chi connectivity index (χ1n) is 6.84. The van der Waals surface area contributed by atoms with Gasteiger partial charge >= 0.3 is 0 Å². The summed E-state index contributed by atoms with van der Waals surface area (Å²) in [6.45, 7) is 0. The smallest absolute Gasteiger partial charge is 0.118 e. The van der Waals surface area contributed by atoms with Crippen LogP contribution in [0, 0.1) is 0 Å². The minimum Gasteiger partial charge on any atom is -0.264 e. The Morgan fingerprint density at radius 3 is 1.91 bits per heavy atom. The Balaban J connectivity index is 0.000000116. The lowest BCUT2D eigenvalue weighted by molar-refractivity contribution is 1.36. The molecule has 0 aliphatic carbocycles. The van der Waals surface area contributed by atoms with Crippen molar-refractivity contribution in [2.45, 2.75) is 0 Å². The number of benzene rings is 2. The molecule has 5 heteroatoms. The number of fused-ring (bicyclic) bond motifs is 4. The molecule has 3 aromatic rings. The first-order valence-corrected chi connectivity index (χ1v) is 6.84. The highest BCUT2D eigenvalue weighted by molar-refractivity contribution is 5.81. The van der Waals surface area contributed by atoms with Crippen molar-refractivity contribution in [3.63, 3.8) is 0 Å². The molecule has 2 aliphatic rings. The van der Waals surface area contributed by atoms with Crippen LogP contribution in [0.3, 0.4) is 0 Å². The molecular weight excluding hydrogens is 274 g/mol. The Labute approximate surface area is 126 Å². The average molecular weight is 285 g/mol. The van der Waals surface area contributed by atoms with E-state index in [1.807, 2.05) is 42.7 Å². The lowest BCUT2D eigenvalue weighted by Gasteiger charge is -1.91. The zero-order valence-corrected chi connectivity index (χ0v) is 11.6. The van der Waals surface area contributed by atoms with Crippen LogP contribution in [0.25, 0.3) is 10.8 Å². The number of hydrogen-bond donors (Lipinski definition) is 0. The fourth-order valence-electron chi connectivity index (χ4n) is 2.35. The molecule has 104 valence electrons. The molecule has 2 aliphatic heterocycles. The van der Waals surface area contributed by atoms with E-state index in [0.29, 0.717) is 0 Å². The summed E-state index contributed by atoms with van der Waals surface area (Å²) in [6.07, 6.45) is 6.76. The first-order chi connectivity index (χ1) is 10.9. The van der Waals surface area contributed by atoms with Crippen LogP contribution in [0.15, 0.2) is 74.8 Å². The Kier molecular flexibility index (Phi) is 3.01. The van der Waals surface area contributed by atoms with Crippen molar-refractivity contribution in [1.82, 2.24) is 4.98 Å². The molecule has 0 saturated carbocycles. The average Bonchev–Trinajstić information content (AvgIpc) is 3.23. The predicted octanol–water partition coefficient (Wildman–Crippen LogP) is 2.51. The van der Waals surface area contributed by atoms with Gasteiger partial charge in [0.05, 0.1) is 10.7 Å². The maximum atomic E-state index is 4.11. The highest BCUT2D eigenvalue weighted by Crippen LogP contribution is 2.21. The van der Waals surface area contributed by atoms with E-state index in [4.69, 9.17) is 0 Å². The van der Waals surface area contributed by atoms with Crippen molar-refractivity contribution in [2.24, 2.45) is 20.0 Å². The number of nitrogens with zero attached hydrogens (tertiary/aromatic N) is 5. The Morgan fingerprint density at radius 1 is 0.636 bits per heavy atom. The summed E-state index contributed by atoms with van der Waals surface area (Å²) in [7, 11) is 0. The number of aliphatic imine (C=N–C) groups is 2. The summed E-state index contributed by atoms with van der Waals surface area (Å²) in [5.74, 6) is 0. The fourth-order valence-corrected chi connectivity index (χ4v) is 2.35. The first kappa shape index (κ1) is 12.5. The van der Waals surface area contributed by atoms with Crippen LogP contribution < -0.4 is 10.7 Å². The highest BCUT2D eigenvalue weighted by Gasteiger charge is 2.10. The van der Waals surface area contributed by atoms with Gasteiger partial charge in [0.15, 0.2) is 0 Å². The second-order valence-electron chi connectivity index (χ2n) is 4.77. The van der Waals surface area contributed by atoms with Gasteiger partial charge < -0.3 is 0 Å². The second kappa shape index (κ2) is 5.29. The number of pyridine rings is 1. The van der Waals surface area contributed by atoms with Crippen molar-refractivity contribution < 1.29 is 0 Å². The van der Waals surface area contributed by atoms with Crippen molar-refractivity contribution >= 4 is 34.8 Å². The van der Waals surface area contributed by atoms with E-state index < -0.39 is 0 Å². The molecule has 3 heterocycles. The van der Waals surface area contributed by atoms with E-state index in [-0.39, 0.29) is 0 Å². The summed E-state index contributed by atoms with van der Waals surface area (Å²) < 4.78 is 0. The van der Waals surface area contributed by atoms with Crippen LogP contribution in [0.2, 0.25) is 0 Å². The van der Waals surface area contributed by atoms with Gasteiger partial charge in [0.25, 0.3) is 0 Å². The number of rotatable bonds is 0. The van der Waals surface area contributed by atoms with E-state index in [9.17, 15) is 0 Å². The Hall–Kier alpha value is -3.21. The second-order valence-corrected chi connectivity index (χ2v) is 4.77. The van der Waals surface area contributed by atoms with Gasteiger partial charge in [-0.25, -0.2) is 20.0 Å². The van der Waals surface area contributed by atoms with E-state index in [2.05, 4.69) is 37.1 Å². The quantitative estimate of drug-likeness (QED) is 0.626. The molecule has 0 atom stereocenters. The molecule has 0 spiro atoms. The lowest BCUT2D eigenvalue weighted by Crippen LogP contribution is -2.06. The van der Waals surface area contributed by atoms with Crippen molar-refractivity contribution in [3.05, 3.63) is 65.6 Å². The minimum atomic E-state index is 0.838. The summed E-state index contributed by atoms with van der Waals surface area (Å²) in [4.78, 5) is 20.4. The third-order valence-corrected chi connectivity index (χ3v) is 3.43. The van der Waals surface area contributed by atoms with Gasteiger partial charge in [-0.1, -0.05) is 24.3 Å². The number of hydrogen-bond acceptors (Lipinski definition) is 5. The monoisotopic (exact) mass is 285 g/mol. The molecule has 0 bridgehead atoms. The molecule has 0 radical (unpaired) electrons. The molecule has 0 fully saturated rings. The molecule has 0 amide bonds. The van der Waals surface area contributed by atoms with E-state index >= 15 is 0 Å². The number of aromatic nitrogens is 1. The zero-order chi connectivity index (χ0) is 14.8. The van der Waals surface area contributed by atoms with E-state index in [0.717, 1.165) is 22.1 Å². The van der Waals surface area contributed by atoms with Crippen LogP contribution in [-0.2, 0) is 0 Å². The summed E-state index contributed by atoms with van der Waals surface area (Å²) in [6, 6.07) is 14.0. The lowest BCUT2D eigenvalue weighted by atomic mass is 10.2. The van der Waals surface area contributed by atoms with Gasteiger partial charge in [-0.15, -0.1) is 0 Å².